The lowest BCUT2D eigenvalue weighted by atomic mass is 9.73. The number of aryl methyl sites for hydroxylation is 1. The number of hydrogen-bond acceptors (Lipinski definition) is 3. The number of hydrogen-bond donors (Lipinski definition) is 2. The van der Waals surface area contributed by atoms with Crippen molar-refractivity contribution in [2.75, 3.05) is 19.8 Å². The highest BCUT2D eigenvalue weighted by atomic mass is 16.5. The molecule has 1 aliphatic carbocycles. The predicted octanol–water partition coefficient (Wildman–Crippen LogP) is 2.77. The second-order valence-electron chi connectivity index (χ2n) is 7.91. The standard InChI is InChI=1S/C23H27NO3/c25-21(23(12-14-27-15-13-23)20-8-2-1-3-9-20)24-17-22(26)11-10-18-6-4-5-7-19(18)16-22/h1-9,26H,10-17H2,(H,24,25)/t22-/m1/s1. The predicted molar refractivity (Wildman–Crippen MR) is 105 cm³/mol. The fourth-order valence-corrected chi connectivity index (χ4v) is 4.47. The molecule has 0 unspecified atom stereocenters. The molecule has 1 atom stereocenters. The van der Waals surface area contributed by atoms with Gasteiger partial charge in [0.25, 0.3) is 0 Å². The molecule has 4 rings (SSSR count). The molecule has 1 saturated heterocycles. The molecular formula is C23H27NO3. The van der Waals surface area contributed by atoms with E-state index in [1.807, 2.05) is 42.5 Å². The first kappa shape index (κ1) is 18.2. The molecule has 0 spiro atoms. The van der Waals surface area contributed by atoms with Crippen LogP contribution in [0, 0.1) is 0 Å². The Hall–Kier alpha value is -2.17. The van der Waals surface area contributed by atoms with Crippen molar-refractivity contribution in [3.63, 3.8) is 0 Å². The molecular weight excluding hydrogens is 338 g/mol. The fraction of sp³-hybridized carbons (Fsp3) is 0.435. The average molecular weight is 365 g/mol. The normalized spacial score (nSPS) is 24.0. The summed E-state index contributed by atoms with van der Waals surface area (Å²) in [5.41, 5.74) is 2.07. The number of ether oxygens (including phenoxy) is 1. The monoisotopic (exact) mass is 365 g/mol. The smallest absolute Gasteiger partial charge is 0.230 e. The maximum atomic E-state index is 13.3. The Labute approximate surface area is 160 Å². The molecule has 27 heavy (non-hydrogen) atoms. The lowest BCUT2D eigenvalue weighted by Gasteiger charge is -2.38. The van der Waals surface area contributed by atoms with Gasteiger partial charge in [0.2, 0.25) is 5.91 Å². The first-order chi connectivity index (χ1) is 13.1. The maximum absolute atomic E-state index is 13.3. The van der Waals surface area contributed by atoms with Crippen molar-refractivity contribution in [3.8, 4) is 0 Å². The van der Waals surface area contributed by atoms with E-state index in [1.165, 1.54) is 11.1 Å². The van der Waals surface area contributed by atoms with E-state index in [1.54, 1.807) is 0 Å². The number of nitrogens with one attached hydrogen (secondary N) is 1. The van der Waals surface area contributed by atoms with Crippen LogP contribution in [0.1, 0.15) is 36.0 Å². The highest BCUT2D eigenvalue weighted by Gasteiger charge is 2.42. The molecule has 2 aliphatic rings. The minimum absolute atomic E-state index is 0.00397. The van der Waals surface area contributed by atoms with Crippen molar-refractivity contribution in [3.05, 3.63) is 71.3 Å². The summed E-state index contributed by atoms with van der Waals surface area (Å²) in [6, 6.07) is 18.2. The van der Waals surface area contributed by atoms with Gasteiger partial charge in [-0.3, -0.25) is 4.79 Å². The van der Waals surface area contributed by atoms with E-state index < -0.39 is 11.0 Å². The second-order valence-corrected chi connectivity index (χ2v) is 7.91. The molecule has 1 amide bonds. The van der Waals surface area contributed by atoms with E-state index in [4.69, 9.17) is 4.74 Å². The van der Waals surface area contributed by atoms with E-state index in [0.29, 0.717) is 38.9 Å². The maximum Gasteiger partial charge on any atom is 0.230 e. The Morgan fingerprint density at radius 3 is 2.37 bits per heavy atom. The van der Waals surface area contributed by atoms with Crippen LogP contribution < -0.4 is 5.32 Å². The largest absolute Gasteiger partial charge is 0.388 e. The number of aliphatic hydroxyl groups is 1. The van der Waals surface area contributed by atoms with Crippen molar-refractivity contribution in [1.29, 1.82) is 0 Å². The van der Waals surface area contributed by atoms with Crippen LogP contribution in [0.25, 0.3) is 0 Å². The lowest BCUT2D eigenvalue weighted by Crippen LogP contribution is -2.53. The Kier molecular flexibility index (Phi) is 5.02. The molecule has 4 heteroatoms. The third-order valence-corrected chi connectivity index (χ3v) is 6.18. The van der Waals surface area contributed by atoms with E-state index >= 15 is 0 Å². The van der Waals surface area contributed by atoms with Gasteiger partial charge < -0.3 is 15.2 Å². The van der Waals surface area contributed by atoms with Crippen LogP contribution in [0.15, 0.2) is 54.6 Å². The van der Waals surface area contributed by atoms with Crippen LogP contribution in [-0.4, -0.2) is 36.4 Å². The van der Waals surface area contributed by atoms with Crippen LogP contribution in [-0.2, 0) is 27.8 Å². The van der Waals surface area contributed by atoms with Gasteiger partial charge in [-0.15, -0.1) is 0 Å². The zero-order valence-corrected chi connectivity index (χ0v) is 15.6. The number of amides is 1. The minimum atomic E-state index is -0.882. The number of carbonyl (C=O) groups excluding carboxylic acids is 1. The van der Waals surface area contributed by atoms with Crippen molar-refractivity contribution in [2.24, 2.45) is 0 Å². The Balaban J connectivity index is 1.49. The van der Waals surface area contributed by atoms with Gasteiger partial charge in [-0.1, -0.05) is 54.6 Å². The zero-order valence-electron chi connectivity index (χ0n) is 15.6. The van der Waals surface area contributed by atoms with E-state index in [9.17, 15) is 9.90 Å². The quantitative estimate of drug-likeness (QED) is 0.876. The first-order valence-corrected chi connectivity index (χ1v) is 9.82. The second kappa shape index (κ2) is 7.45. The van der Waals surface area contributed by atoms with Gasteiger partial charge in [0, 0.05) is 26.2 Å². The van der Waals surface area contributed by atoms with Crippen LogP contribution in [0.4, 0.5) is 0 Å². The Morgan fingerprint density at radius 1 is 0.963 bits per heavy atom. The fourth-order valence-electron chi connectivity index (χ4n) is 4.47. The van der Waals surface area contributed by atoms with E-state index in [0.717, 1.165) is 12.0 Å². The van der Waals surface area contributed by atoms with Gasteiger partial charge in [0.15, 0.2) is 0 Å². The van der Waals surface area contributed by atoms with Gasteiger partial charge in [-0.05, 0) is 42.4 Å². The third kappa shape index (κ3) is 3.64. The van der Waals surface area contributed by atoms with Crippen molar-refractivity contribution >= 4 is 5.91 Å². The minimum Gasteiger partial charge on any atom is -0.388 e. The molecule has 2 aromatic rings. The SMILES string of the molecule is O=C(NC[C@@]1(O)CCc2ccccc2C1)C1(c2ccccc2)CCOCC1. The van der Waals surface area contributed by atoms with Gasteiger partial charge in [-0.2, -0.15) is 0 Å². The topological polar surface area (TPSA) is 58.6 Å². The lowest BCUT2D eigenvalue weighted by molar-refractivity contribution is -0.131. The molecule has 2 aromatic carbocycles. The first-order valence-electron chi connectivity index (χ1n) is 9.82. The molecule has 1 fully saturated rings. The summed E-state index contributed by atoms with van der Waals surface area (Å²) in [7, 11) is 0. The summed E-state index contributed by atoms with van der Waals surface area (Å²) in [6.07, 6.45) is 3.45. The van der Waals surface area contributed by atoms with Crippen molar-refractivity contribution in [2.45, 2.75) is 43.1 Å². The number of benzene rings is 2. The van der Waals surface area contributed by atoms with Crippen LogP contribution in [0.5, 0.6) is 0 Å². The zero-order chi connectivity index (χ0) is 18.7. The van der Waals surface area contributed by atoms with Crippen LogP contribution in [0.3, 0.4) is 0 Å². The molecule has 4 nitrogen and oxygen atoms in total. The highest BCUT2D eigenvalue weighted by molar-refractivity contribution is 5.88. The molecule has 0 aromatic heterocycles. The third-order valence-electron chi connectivity index (χ3n) is 6.18. The molecule has 1 heterocycles. The highest BCUT2D eigenvalue weighted by Crippen LogP contribution is 2.35. The Morgan fingerprint density at radius 2 is 1.63 bits per heavy atom. The number of carbonyl (C=O) groups is 1. The van der Waals surface area contributed by atoms with E-state index in [-0.39, 0.29) is 12.5 Å². The van der Waals surface area contributed by atoms with Crippen molar-refractivity contribution < 1.29 is 14.6 Å². The summed E-state index contributed by atoms with van der Waals surface area (Å²) >= 11 is 0. The summed E-state index contributed by atoms with van der Waals surface area (Å²) in [5.74, 6) is 0.00397. The average Bonchev–Trinajstić information content (AvgIpc) is 2.73. The van der Waals surface area contributed by atoms with Crippen LogP contribution >= 0.6 is 0 Å². The van der Waals surface area contributed by atoms with Gasteiger partial charge >= 0.3 is 0 Å². The molecule has 1 aliphatic heterocycles. The summed E-state index contributed by atoms with van der Waals surface area (Å²) in [4.78, 5) is 13.3. The molecule has 0 saturated carbocycles. The summed E-state index contributed by atoms with van der Waals surface area (Å²) in [5, 5.41) is 14.2. The van der Waals surface area contributed by atoms with Gasteiger partial charge in [0.1, 0.15) is 0 Å². The number of rotatable bonds is 4. The van der Waals surface area contributed by atoms with Crippen molar-refractivity contribution in [1.82, 2.24) is 5.32 Å². The van der Waals surface area contributed by atoms with E-state index in [2.05, 4.69) is 17.4 Å². The molecule has 0 bridgehead atoms. The van der Waals surface area contributed by atoms with Gasteiger partial charge in [0.05, 0.1) is 11.0 Å². The summed E-state index contributed by atoms with van der Waals surface area (Å²) in [6.45, 7) is 1.45. The summed E-state index contributed by atoms with van der Waals surface area (Å²) < 4.78 is 5.52. The molecule has 142 valence electrons. The number of fused-ring (bicyclic) bond motifs is 1. The molecule has 2 N–H and O–H groups in total. The Bertz CT molecular complexity index is 798. The van der Waals surface area contributed by atoms with Crippen LogP contribution in [0.2, 0.25) is 0 Å². The molecule has 0 radical (unpaired) electrons. The van der Waals surface area contributed by atoms with Gasteiger partial charge in [-0.25, -0.2) is 0 Å².